The molecule has 6 nitrogen and oxygen atoms in total. The third kappa shape index (κ3) is 2.98. The highest BCUT2D eigenvalue weighted by atomic mass is 19.4. The number of nitrogens with zero attached hydrogens (tertiary/aromatic N) is 5. The van der Waals surface area contributed by atoms with Gasteiger partial charge in [-0.15, -0.1) is 20.4 Å². The molecule has 102 valence electrons. The van der Waals surface area contributed by atoms with Crippen LogP contribution in [0.15, 0.2) is 18.5 Å². The predicted molar refractivity (Wildman–Crippen MR) is 60.1 cm³/mol. The maximum atomic E-state index is 12.3. The average Bonchev–Trinajstić information content (AvgIpc) is 2.75. The first-order chi connectivity index (χ1) is 8.88. The van der Waals surface area contributed by atoms with Crippen molar-refractivity contribution in [3.05, 3.63) is 30.0 Å². The lowest BCUT2D eigenvalue weighted by atomic mass is 10.3. The Hall–Kier alpha value is -2.19. The second-order valence-electron chi connectivity index (χ2n) is 3.97. The molecule has 0 saturated carbocycles. The van der Waals surface area contributed by atoms with Crippen LogP contribution in [0.3, 0.4) is 0 Å². The van der Waals surface area contributed by atoms with Crippen molar-refractivity contribution in [2.45, 2.75) is 19.1 Å². The molecule has 0 amide bonds. The number of aromatic nitrogens is 5. The number of rotatable bonds is 3. The minimum Gasteiger partial charge on any atom is -0.359 e. The summed E-state index contributed by atoms with van der Waals surface area (Å²) in [6.07, 6.45) is -2.95. The number of halogens is 3. The number of anilines is 1. The summed E-state index contributed by atoms with van der Waals surface area (Å²) in [4.78, 5) is 0. The monoisotopic (exact) mass is 272 g/mol. The lowest BCUT2D eigenvalue weighted by Crippen LogP contribution is -2.14. The zero-order valence-corrected chi connectivity index (χ0v) is 10.2. The fourth-order valence-corrected chi connectivity index (χ4v) is 1.53. The molecule has 0 aliphatic rings. The smallest absolute Gasteiger partial charge is 0.359 e. The molecule has 0 radical (unpaired) electrons. The molecule has 0 bridgehead atoms. The molecular weight excluding hydrogens is 261 g/mol. The van der Waals surface area contributed by atoms with E-state index in [4.69, 9.17) is 0 Å². The highest BCUT2D eigenvalue weighted by molar-refractivity contribution is 5.35. The standard InChI is InChI=1S/C10H11F3N6/c1-6(9-18-14-5-19(9)2)15-8-4-3-7(16-17-8)10(11,12)13/h3-6H,1-2H3,(H,15,17). The summed E-state index contributed by atoms with van der Waals surface area (Å²) in [5.74, 6) is 0.880. The van der Waals surface area contributed by atoms with E-state index in [-0.39, 0.29) is 11.9 Å². The van der Waals surface area contributed by atoms with E-state index < -0.39 is 11.9 Å². The van der Waals surface area contributed by atoms with Crippen LogP contribution in [0.1, 0.15) is 24.5 Å². The second kappa shape index (κ2) is 4.82. The summed E-state index contributed by atoms with van der Waals surface area (Å²) >= 11 is 0. The van der Waals surface area contributed by atoms with E-state index in [9.17, 15) is 13.2 Å². The molecule has 0 spiro atoms. The van der Waals surface area contributed by atoms with Crippen molar-refractivity contribution in [1.82, 2.24) is 25.0 Å². The number of nitrogens with one attached hydrogen (secondary N) is 1. The van der Waals surface area contributed by atoms with Crippen LogP contribution in [0.2, 0.25) is 0 Å². The Morgan fingerprint density at radius 2 is 1.95 bits per heavy atom. The Morgan fingerprint density at radius 3 is 2.42 bits per heavy atom. The Kier molecular flexibility index (Phi) is 3.36. The minimum absolute atomic E-state index is 0.239. The van der Waals surface area contributed by atoms with Gasteiger partial charge in [0.1, 0.15) is 12.1 Å². The van der Waals surface area contributed by atoms with Gasteiger partial charge in [0, 0.05) is 7.05 Å². The Labute approximate surface area is 106 Å². The van der Waals surface area contributed by atoms with Gasteiger partial charge in [0.15, 0.2) is 11.5 Å². The molecule has 9 heteroatoms. The van der Waals surface area contributed by atoms with Crippen LogP contribution in [0.4, 0.5) is 19.0 Å². The highest BCUT2D eigenvalue weighted by Crippen LogP contribution is 2.27. The largest absolute Gasteiger partial charge is 0.435 e. The summed E-state index contributed by atoms with van der Waals surface area (Å²) < 4.78 is 38.6. The van der Waals surface area contributed by atoms with Gasteiger partial charge in [0.25, 0.3) is 0 Å². The van der Waals surface area contributed by atoms with Gasteiger partial charge in [-0.05, 0) is 19.1 Å². The zero-order valence-electron chi connectivity index (χ0n) is 10.2. The molecule has 19 heavy (non-hydrogen) atoms. The summed E-state index contributed by atoms with van der Waals surface area (Å²) in [6, 6.07) is 1.85. The van der Waals surface area contributed by atoms with Crippen LogP contribution in [0.25, 0.3) is 0 Å². The minimum atomic E-state index is -4.49. The van der Waals surface area contributed by atoms with Crippen molar-refractivity contribution < 1.29 is 13.2 Å². The molecule has 0 aliphatic carbocycles. The predicted octanol–water partition coefficient (Wildman–Crippen LogP) is 1.80. The Morgan fingerprint density at radius 1 is 1.21 bits per heavy atom. The average molecular weight is 272 g/mol. The summed E-state index contributed by atoms with van der Waals surface area (Å²) in [7, 11) is 1.77. The van der Waals surface area contributed by atoms with E-state index in [1.165, 1.54) is 12.4 Å². The molecule has 0 aliphatic heterocycles. The van der Waals surface area contributed by atoms with E-state index in [0.29, 0.717) is 5.82 Å². The van der Waals surface area contributed by atoms with E-state index >= 15 is 0 Å². The number of hydrogen-bond donors (Lipinski definition) is 1. The molecule has 2 aromatic rings. The molecule has 0 saturated heterocycles. The van der Waals surface area contributed by atoms with Crippen molar-refractivity contribution >= 4 is 5.82 Å². The van der Waals surface area contributed by atoms with Gasteiger partial charge >= 0.3 is 6.18 Å². The zero-order chi connectivity index (χ0) is 14.0. The van der Waals surface area contributed by atoms with Crippen molar-refractivity contribution in [2.24, 2.45) is 7.05 Å². The van der Waals surface area contributed by atoms with Crippen LogP contribution in [-0.2, 0) is 13.2 Å². The lowest BCUT2D eigenvalue weighted by molar-refractivity contribution is -0.141. The molecule has 1 N–H and O–H groups in total. The van der Waals surface area contributed by atoms with Crippen LogP contribution >= 0.6 is 0 Å². The fourth-order valence-electron chi connectivity index (χ4n) is 1.53. The van der Waals surface area contributed by atoms with E-state index in [1.807, 2.05) is 0 Å². The SMILES string of the molecule is CC(Nc1ccc(C(F)(F)F)nn1)c1nncn1C. The lowest BCUT2D eigenvalue weighted by Gasteiger charge is -2.13. The first kappa shape index (κ1) is 13.2. The summed E-state index contributed by atoms with van der Waals surface area (Å²) in [6.45, 7) is 1.80. The quantitative estimate of drug-likeness (QED) is 0.922. The van der Waals surface area contributed by atoms with Gasteiger partial charge in [-0.1, -0.05) is 0 Å². The molecule has 1 atom stereocenters. The normalized spacial score (nSPS) is 13.3. The van der Waals surface area contributed by atoms with E-state index in [0.717, 1.165) is 6.07 Å². The van der Waals surface area contributed by atoms with Gasteiger partial charge < -0.3 is 9.88 Å². The number of aryl methyl sites for hydroxylation is 1. The summed E-state index contributed by atoms with van der Waals surface area (Å²) in [5, 5.41) is 17.1. The molecular formula is C10H11F3N6. The second-order valence-corrected chi connectivity index (χ2v) is 3.97. The molecule has 2 aromatic heterocycles. The molecule has 1 unspecified atom stereocenters. The van der Waals surface area contributed by atoms with Gasteiger partial charge in [0.2, 0.25) is 0 Å². The van der Waals surface area contributed by atoms with Gasteiger partial charge in [0.05, 0.1) is 6.04 Å². The first-order valence-corrected chi connectivity index (χ1v) is 5.39. The number of hydrogen-bond acceptors (Lipinski definition) is 5. The molecule has 2 heterocycles. The van der Waals surface area contributed by atoms with Crippen LogP contribution in [-0.4, -0.2) is 25.0 Å². The van der Waals surface area contributed by atoms with Crippen LogP contribution < -0.4 is 5.32 Å². The van der Waals surface area contributed by atoms with Gasteiger partial charge in [-0.2, -0.15) is 13.2 Å². The van der Waals surface area contributed by atoms with Gasteiger partial charge in [-0.25, -0.2) is 0 Å². The third-order valence-electron chi connectivity index (χ3n) is 2.45. The third-order valence-corrected chi connectivity index (χ3v) is 2.45. The van der Waals surface area contributed by atoms with E-state index in [2.05, 4.69) is 25.7 Å². The van der Waals surface area contributed by atoms with Crippen molar-refractivity contribution in [3.8, 4) is 0 Å². The maximum absolute atomic E-state index is 12.3. The summed E-state index contributed by atoms with van der Waals surface area (Å²) in [5.41, 5.74) is -1.02. The Balaban J connectivity index is 2.10. The maximum Gasteiger partial charge on any atom is 0.435 e. The molecule has 0 fully saturated rings. The molecule has 2 rings (SSSR count). The Bertz CT molecular complexity index is 547. The van der Waals surface area contributed by atoms with E-state index in [1.54, 1.807) is 18.5 Å². The van der Waals surface area contributed by atoms with Crippen molar-refractivity contribution in [3.63, 3.8) is 0 Å². The topological polar surface area (TPSA) is 68.5 Å². The highest BCUT2D eigenvalue weighted by Gasteiger charge is 2.32. The number of alkyl halides is 3. The fraction of sp³-hybridized carbons (Fsp3) is 0.400. The van der Waals surface area contributed by atoms with Gasteiger partial charge in [-0.3, -0.25) is 0 Å². The first-order valence-electron chi connectivity index (χ1n) is 5.39. The van der Waals surface area contributed by atoms with Crippen molar-refractivity contribution in [2.75, 3.05) is 5.32 Å². The van der Waals surface area contributed by atoms with Crippen LogP contribution in [0.5, 0.6) is 0 Å². The molecule has 0 aromatic carbocycles. The van der Waals surface area contributed by atoms with Crippen LogP contribution in [0, 0.1) is 0 Å². The van der Waals surface area contributed by atoms with Crippen molar-refractivity contribution in [1.29, 1.82) is 0 Å².